The van der Waals surface area contributed by atoms with Gasteiger partial charge in [-0.15, -0.1) is 0 Å². The van der Waals surface area contributed by atoms with Crippen LogP contribution in [0.25, 0.3) is 0 Å². The smallest absolute Gasteiger partial charge is 0.261 e. The molecule has 0 fully saturated rings. The number of nitrogen functional groups attached to an aromatic ring is 2. The minimum absolute atomic E-state index is 0.646. The lowest BCUT2D eigenvalue weighted by Gasteiger charge is -1.94. The van der Waals surface area contributed by atoms with Crippen LogP contribution in [0.15, 0.2) is 24.3 Å². The number of rotatable bonds is 0. The Morgan fingerprint density at radius 3 is 1.54 bits per heavy atom. The Balaban J connectivity index is 0.000000252. The number of para-hydroxylation sites is 2. The second kappa shape index (κ2) is 4.68. The molecule has 0 unspecified atom stereocenters. The zero-order valence-electron chi connectivity index (χ0n) is 7.14. The lowest BCUT2D eigenvalue weighted by molar-refractivity contribution is 0.490. The summed E-state index contributed by atoms with van der Waals surface area (Å²) >= 11 is 0. The number of nitrogens with two attached hydrogens (primary N) is 2. The molecule has 1 rings (SSSR count). The normalized spacial score (nSPS) is 10.0. The molecule has 0 atom stereocenters. The van der Waals surface area contributed by atoms with Crippen molar-refractivity contribution in [2.45, 2.75) is 0 Å². The van der Waals surface area contributed by atoms with E-state index in [0.29, 0.717) is 17.6 Å². The van der Waals surface area contributed by atoms with Gasteiger partial charge in [0.25, 0.3) is 10.1 Å². The van der Waals surface area contributed by atoms with Gasteiger partial charge in [0.1, 0.15) is 0 Å². The van der Waals surface area contributed by atoms with E-state index in [1.54, 1.807) is 12.1 Å². The Kier molecular flexibility index (Phi) is 4.22. The highest BCUT2D eigenvalue weighted by molar-refractivity contribution is 7.85. The fraction of sp³-hybridized carbons (Fsp3) is 0.143. The molecule has 0 aliphatic rings. The summed E-state index contributed by atoms with van der Waals surface area (Å²) in [4.78, 5) is 0. The zero-order chi connectivity index (χ0) is 10.5. The van der Waals surface area contributed by atoms with Crippen LogP contribution in [-0.4, -0.2) is 19.2 Å². The number of hydrogen-bond acceptors (Lipinski definition) is 4. The van der Waals surface area contributed by atoms with E-state index in [4.69, 9.17) is 16.0 Å². The van der Waals surface area contributed by atoms with Gasteiger partial charge in [0.15, 0.2) is 0 Å². The zero-order valence-corrected chi connectivity index (χ0v) is 7.95. The second-order valence-corrected chi connectivity index (χ2v) is 3.83. The van der Waals surface area contributed by atoms with E-state index < -0.39 is 10.1 Å². The minimum atomic E-state index is -3.67. The van der Waals surface area contributed by atoms with Crippen molar-refractivity contribution in [1.82, 2.24) is 0 Å². The van der Waals surface area contributed by atoms with Crippen LogP contribution in [0.4, 0.5) is 11.4 Å². The first-order valence-corrected chi connectivity index (χ1v) is 5.18. The Morgan fingerprint density at radius 1 is 1.15 bits per heavy atom. The van der Waals surface area contributed by atoms with Crippen molar-refractivity contribution in [2.24, 2.45) is 0 Å². The van der Waals surface area contributed by atoms with E-state index >= 15 is 0 Å². The molecule has 5 N–H and O–H groups in total. The molecule has 0 heterocycles. The van der Waals surface area contributed by atoms with Crippen molar-refractivity contribution in [1.29, 1.82) is 0 Å². The van der Waals surface area contributed by atoms with Gasteiger partial charge in [-0.1, -0.05) is 12.1 Å². The molecule has 0 aliphatic heterocycles. The summed E-state index contributed by atoms with van der Waals surface area (Å²) in [6, 6.07) is 7.25. The number of benzene rings is 1. The van der Waals surface area contributed by atoms with E-state index in [1.807, 2.05) is 12.1 Å². The summed E-state index contributed by atoms with van der Waals surface area (Å²) in [7, 11) is -3.67. The predicted octanol–water partition coefficient (Wildman–Crippen LogP) is 0.355. The minimum Gasteiger partial charge on any atom is -0.397 e. The van der Waals surface area contributed by atoms with Crippen molar-refractivity contribution in [3.05, 3.63) is 24.3 Å². The molecule has 5 nitrogen and oxygen atoms in total. The predicted molar refractivity (Wildman–Crippen MR) is 52.7 cm³/mol. The van der Waals surface area contributed by atoms with Gasteiger partial charge in [-0.25, -0.2) is 0 Å². The first-order chi connectivity index (χ1) is 5.80. The molecule has 0 amide bonds. The monoisotopic (exact) mass is 204 g/mol. The molecule has 0 spiro atoms. The summed E-state index contributed by atoms with van der Waals surface area (Å²) in [5, 5.41) is 0. The molecule has 0 saturated carbocycles. The molecule has 6 heteroatoms. The van der Waals surface area contributed by atoms with Crippen LogP contribution in [0.5, 0.6) is 0 Å². The second-order valence-electron chi connectivity index (χ2n) is 2.36. The molecule has 1 aromatic rings. The average molecular weight is 204 g/mol. The van der Waals surface area contributed by atoms with Crippen molar-refractivity contribution in [2.75, 3.05) is 17.7 Å². The largest absolute Gasteiger partial charge is 0.397 e. The Hall–Kier alpha value is -1.27. The van der Waals surface area contributed by atoms with E-state index in [-0.39, 0.29) is 0 Å². The maximum Gasteiger partial charge on any atom is 0.261 e. The van der Waals surface area contributed by atoms with Crippen LogP contribution in [0, 0.1) is 0 Å². The maximum absolute atomic E-state index is 9.19. The van der Waals surface area contributed by atoms with Gasteiger partial charge in [0, 0.05) is 0 Å². The van der Waals surface area contributed by atoms with E-state index in [1.165, 1.54) is 0 Å². The fourth-order valence-corrected chi connectivity index (χ4v) is 0.511. The highest BCUT2D eigenvalue weighted by Crippen LogP contribution is 2.10. The highest BCUT2D eigenvalue weighted by Gasteiger charge is 1.85. The van der Waals surface area contributed by atoms with Gasteiger partial charge in [0.2, 0.25) is 0 Å². The van der Waals surface area contributed by atoms with Crippen molar-refractivity contribution in [3.8, 4) is 0 Å². The summed E-state index contributed by atoms with van der Waals surface area (Å²) in [6.45, 7) is 0. The lowest BCUT2D eigenvalue weighted by Crippen LogP contribution is -1.91. The van der Waals surface area contributed by atoms with Gasteiger partial charge in [0.05, 0.1) is 17.6 Å². The molecule has 74 valence electrons. The average Bonchev–Trinajstić information content (AvgIpc) is 1.92. The Labute approximate surface area is 77.1 Å². The molecule has 0 saturated heterocycles. The molecular formula is C7H12N2O3S. The van der Waals surface area contributed by atoms with Gasteiger partial charge < -0.3 is 11.5 Å². The van der Waals surface area contributed by atoms with Gasteiger partial charge in [-0.05, 0) is 12.1 Å². The third-order valence-electron chi connectivity index (χ3n) is 0.996. The Morgan fingerprint density at radius 2 is 1.38 bits per heavy atom. The molecule has 1 aromatic carbocycles. The van der Waals surface area contributed by atoms with Crippen molar-refractivity contribution >= 4 is 21.5 Å². The van der Waals surface area contributed by atoms with Crippen LogP contribution in [0.2, 0.25) is 0 Å². The van der Waals surface area contributed by atoms with Crippen LogP contribution < -0.4 is 11.5 Å². The Bertz CT molecular complexity index is 333. The first kappa shape index (κ1) is 11.7. The van der Waals surface area contributed by atoms with E-state index in [2.05, 4.69) is 0 Å². The van der Waals surface area contributed by atoms with Crippen molar-refractivity contribution < 1.29 is 13.0 Å². The maximum atomic E-state index is 9.19. The van der Waals surface area contributed by atoms with E-state index in [9.17, 15) is 8.42 Å². The van der Waals surface area contributed by atoms with E-state index in [0.717, 1.165) is 0 Å². The SMILES string of the molecule is CS(=O)(=O)O.Nc1ccccc1N. The molecule has 13 heavy (non-hydrogen) atoms. The quantitative estimate of drug-likeness (QED) is 0.417. The summed E-state index contributed by atoms with van der Waals surface area (Å²) < 4.78 is 25.9. The van der Waals surface area contributed by atoms with Gasteiger partial charge in [-0.2, -0.15) is 8.42 Å². The van der Waals surface area contributed by atoms with Gasteiger partial charge >= 0.3 is 0 Å². The molecular weight excluding hydrogens is 192 g/mol. The topological polar surface area (TPSA) is 106 Å². The highest BCUT2D eigenvalue weighted by atomic mass is 32.2. The summed E-state index contributed by atoms with van der Waals surface area (Å²) in [5.74, 6) is 0. The van der Waals surface area contributed by atoms with Crippen LogP contribution in [0.1, 0.15) is 0 Å². The van der Waals surface area contributed by atoms with Crippen LogP contribution in [0.3, 0.4) is 0 Å². The van der Waals surface area contributed by atoms with Crippen LogP contribution >= 0.6 is 0 Å². The summed E-state index contributed by atoms with van der Waals surface area (Å²) in [5.41, 5.74) is 12.1. The number of anilines is 2. The third-order valence-corrected chi connectivity index (χ3v) is 0.996. The first-order valence-electron chi connectivity index (χ1n) is 3.33. The molecule has 0 bridgehead atoms. The lowest BCUT2D eigenvalue weighted by atomic mass is 10.3. The van der Waals surface area contributed by atoms with Gasteiger partial charge in [-0.3, -0.25) is 4.55 Å². The molecule has 0 aromatic heterocycles. The van der Waals surface area contributed by atoms with Crippen LogP contribution in [-0.2, 0) is 10.1 Å². The third kappa shape index (κ3) is 8.64. The standard InChI is InChI=1S/C6H8N2.CH4O3S/c7-5-3-1-2-4-6(5)8;1-5(2,3)4/h1-4H,7-8H2;1H3,(H,2,3,4). The number of hydrogen-bond donors (Lipinski definition) is 3. The molecule has 0 radical (unpaired) electrons. The van der Waals surface area contributed by atoms with Crippen molar-refractivity contribution in [3.63, 3.8) is 0 Å². The fourth-order valence-electron chi connectivity index (χ4n) is 0.511. The molecule has 0 aliphatic carbocycles. The summed E-state index contributed by atoms with van der Waals surface area (Å²) in [6.07, 6.45) is 0.715.